The van der Waals surface area contributed by atoms with Crippen LogP contribution in [0.5, 0.6) is 0 Å². The van der Waals surface area contributed by atoms with Crippen LogP contribution in [0, 0.1) is 6.92 Å². The van der Waals surface area contributed by atoms with Crippen LogP contribution in [-0.4, -0.2) is 66.7 Å². The maximum absolute atomic E-state index is 12.7. The lowest BCUT2D eigenvalue weighted by atomic mass is 10.1. The van der Waals surface area contributed by atoms with Crippen molar-refractivity contribution in [2.24, 2.45) is 7.05 Å². The van der Waals surface area contributed by atoms with Crippen molar-refractivity contribution in [1.82, 2.24) is 19.4 Å². The van der Waals surface area contributed by atoms with E-state index in [-0.39, 0.29) is 0 Å². The van der Waals surface area contributed by atoms with E-state index in [2.05, 4.69) is 40.3 Å². The van der Waals surface area contributed by atoms with Crippen LogP contribution in [0.15, 0.2) is 48.7 Å². The summed E-state index contributed by atoms with van der Waals surface area (Å²) in [5.74, 6) is -0.0122. The third-order valence-electron chi connectivity index (χ3n) is 6.31. The Morgan fingerprint density at radius 1 is 1.14 bits per heavy atom. The molecule has 2 aromatic heterocycles. The van der Waals surface area contributed by atoms with Gasteiger partial charge in [-0.2, -0.15) is 0 Å². The number of esters is 1. The highest BCUT2D eigenvalue weighted by Gasteiger charge is 2.24. The van der Waals surface area contributed by atoms with E-state index < -0.39 is 5.97 Å². The number of fused-ring (bicyclic) bond motifs is 1. The summed E-state index contributed by atoms with van der Waals surface area (Å²) >= 11 is 0. The van der Waals surface area contributed by atoms with Crippen LogP contribution in [-0.2, 0) is 11.8 Å². The molecular weight excluding hydrogens is 454 g/mol. The Bertz CT molecular complexity index is 1410. The number of nitrogens with zero attached hydrogens (tertiary/aromatic N) is 5. The molecule has 0 fully saturated rings. The molecule has 0 spiro atoms. The van der Waals surface area contributed by atoms with E-state index in [1.807, 2.05) is 55.9 Å². The molecule has 0 aliphatic rings. The van der Waals surface area contributed by atoms with E-state index in [1.54, 1.807) is 12.3 Å². The molecule has 0 aliphatic heterocycles. The smallest absolute Gasteiger partial charge is 0.355 e. The van der Waals surface area contributed by atoms with Gasteiger partial charge < -0.3 is 30.2 Å². The van der Waals surface area contributed by atoms with Crippen molar-refractivity contribution in [3.63, 3.8) is 0 Å². The summed E-state index contributed by atoms with van der Waals surface area (Å²) < 4.78 is 6.92. The predicted molar refractivity (Wildman–Crippen MR) is 146 cm³/mol. The Labute approximate surface area is 211 Å². The highest BCUT2D eigenvalue weighted by molar-refractivity contribution is 6.08. The van der Waals surface area contributed by atoms with Gasteiger partial charge in [0.05, 0.1) is 24.2 Å². The minimum absolute atomic E-state index is 0.410. The average Bonchev–Trinajstić information content (AvgIpc) is 3.16. The molecule has 2 heterocycles. The quantitative estimate of drug-likeness (QED) is 0.284. The molecule has 188 valence electrons. The topological polar surface area (TPSA) is 102 Å². The summed E-state index contributed by atoms with van der Waals surface area (Å²) in [6.07, 6.45) is 1.68. The van der Waals surface area contributed by atoms with Gasteiger partial charge in [0.25, 0.3) is 0 Å². The second kappa shape index (κ2) is 10.2. The van der Waals surface area contributed by atoms with Crippen molar-refractivity contribution >= 4 is 39.9 Å². The van der Waals surface area contributed by atoms with E-state index in [1.165, 1.54) is 7.11 Å². The number of aryl methyl sites for hydroxylation is 2. The van der Waals surface area contributed by atoms with Gasteiger partial charge in [0.15, 0.2) is 0 Å². The summed E-state index contributed by atoms with van der Waals surface area (Å²) in [5.41, 5.74) is 12.6. The zero-order valence-electron chi connectivity index (χ0n) is 21.7. The number of hydrogen-bond acceptors (Lipinski definition) is 8. The Kier molecular flexibility index (Phi) is 7.12. The van der Waals surface area contributed by atoms with E-state index in [9.17, 15) is 4.79 Å². The number of carbonyl (C=O) groups excluding carboxylic acids is 1. The number of likely N-dealkylation sites (N-methyl/N-ethyl adjacent to an activating group) is 2. The number of nitrogen functional groups attached to an aromatic ring is 1. The number of nitrogens with one attached hydrogen (secondary N) is 1. The molecular formula is C27H33N7O2. The first kappa shape index (κ1) is 25.0. The Hall–Kier alpha value is -4.11. The van der Waals surface area contributed by atoms with Crippen molar-refractivity contribution in [3.8, 4) is 11.3 Å². The monoisotopic (exact) mass is 487 g/mol. The molecule has 36 heavy (non-hydrogen) atoms. The lowest BCUT2D eigenvalue weighted by molar-refractivity contribution is 0.0591. The van der Waals surface area contributed by atoms with E-state index in [0.717, 1.165) is 40.9 Å². The van der Waals surface area contributed by atoms with Crippen LogP contribution in [0.3, 0.4) is 0 Å². The summed E-state index contributed by atoms with van der Waals surface area (Å²) in [5, 5.41) is 4.22. The van der Waals surface area contributed by atoms with E-state index in [0.29, 0.717) is 28.6 Å². The van der Waals surface area contributed by atoms with Crippen molar-refractivity contribution in [1.29, 1.82) is 0 Å². The van der Waals surface area contributed by atoms with Crippen LogP contribution in [0.1, 0.15) is 16.1 Å². The molecule has 0 atom stereocenters. The zero-order chi connectivity index (χ0) is 26.0. The molecule has 2 aromatic carbocycles. The Balaban J connectivity index is 1.70. The maximum atomic E-state index is 12.7. The number of benzene rings is 2. The molecule has 0 unspecified atom stereocenters. The fraction of sp³-hybridized carbons (Fsp3) is 0.296. The average molecular weight is 488 g/mol. The lowest BCUT2D eigenvalue weighted by Gasteiger charge is -2.24. The van der Waals surface area contributed by atoms with Gasteiger partial charge in [-0.3, -0.25) is 0 Å². The molecule has 4 rings (SSSR count). The van der Waals surface area contributed by atoms with Crippen molar-refractivity contribution in [3.05, 3.63) is 59.9 Å². The normalized spacial score (nSPS) is 11.2. The number of carbonyl (C=O) groups is 1. The minimum Gasteiger partial charge on any atom is -0.464 e. The van der Waals surface area contributed by atoms with Gasteiger partial charge in [0.1, 0.15) is 5.69 Å². The van der Waals surface area contributed by atoms with Gasteiger partial charge >= 0.3 is 5.97 Å². The summed E-state index contributed by atoms with van der Waals surface area (Å²) in [7, 11) is 9.37. The maximum Gasteiger partial charge on any atom is 0.355 e. The SMILES string of the molecule is COC(=O)c1c(-c2ccnc(Nc3cc(N)c(N(C)CCN(C)C)cc3C)n2)c2ccccc2n1C. The predicted octanol–water partition coefficient (Wildman–Crippen LogP) is 4.05. The lowest BCUT2D eigenvalue weighted by Crippen LogP contribution is -2.29. The van der Waals surface area contributed by atoms with Gasteiger partial charge in [-0.25, -0.2) is 14.8 Å². The Morgan fingerprint density at radius 3 is 2.61 bits per heavy atom. The van der Waals surface area contributed by atoms with Gasteiger partial charge in [-0.15, -0.1) is 0 Å². The first-order valence-electron chi connectivity index (χ1n) is 11.7. The molecule has 0 amide bonds. The fourth-order valence-electron chi connectivity index (χ4n) is 4.31. The highest BCUT2D eigenvalue weighted by Crippen LogP contribution is 2.35. The second-order valence-electron chi connectivity index (χ2n) is 9.13. The Morgan fingerprint density at radius 2 is 1.89 bits per heavy atom. The number of aromatic nitrogens is 3. The van der Waals surface area contributed by atoms with Crippen LogP contribution in [0.25, 0.3) is 22.2 Å². The molecule has 9 nitrogen and oxygen atoms in total. The minimum atomic E-state index is -0.422. The third kappa shape index (κ3) is 4.83. The highest BCUT2D eigenvalue weighted by atomic mass is 16.5. The summed E-state index contributed by atoms with van der Waals surface area (Å²) in [6.45, 7) is 3.81. The van der Waals surface area contributed by atoms with E-state index >= 15 is 0 Å². The number of ether oxygens (including phenoxy) is 1. The first-order chi connectivity index (χ1) is 17.2. The fourth-order valence-corrected chi connectivity index (χ4v) is 4.31. The van der Waals surface area contributed by atoms with E-state index in [4.69, 9.17) is 15.5 Å². The first-order valence-corrected chi connectivity index (χ1v) is 11.7. The number of rotatable bonds is 8. The zero-order valence-corrected chi connectivity index (χ0v) is 21.7. The largest absolute Gasteiger partial charge is 0.464 e. The number of methoxy groups -OCH3 is 1. The molecule has 0 saturated heterocycles. The van der Waals surface area contributed by atoms with Crippen LogP contribution in [0.2, 0.25) is 0 Å². The molecule has 9 heteroatoms. The molecule has 0 radical (unpaired) electrons. The molecule has 0 saturated carbocycles. The summed E-state index contributed by atoms with van der Waals surface area (Å²) in [6, 6.07) is 13.6. The third-order valence-corrected chi connectivity index (χ3v) is 6.31. The number of hydrogen-bond donors (Lipinski definition) is 2. The number of nitrogens with two attached hydrogens (primary N) is 1. The molecule has 3 N–H and O–H groups in total. The van der Waals surface area contributed by atoms with Crippen molar-refractivity contribution in [2.45, 2.75) is 6.92 Å². The number of anilines is 4. The van der Waals surface area contributed by atoms with Crippen LogP contribution >= 0.6 is 0 Å². The standard InChI is InChI=1S/C27H33N7O2/c1-17-15-23(33(4)14-13-32(2)3)19(28)16-21(17)31-27-29-12-11-20(30-27)24-18-9-7-8-10-22(18)34(5)25(24)26(35)36-6/h7-12,15-16H,13-14,28H2,1-6H3,(H,29,30,31). The molecule has 0 bridgehead atoms. The van der Waals surface area contributed by atoms with Crippen molar-refractivity contribution < 1.29 is 9.53 Å². The van der Waals surface area contributed by atoms with Gasteiger partial charge in [-0.05, 0) is 50.8 Å². The van der Waals surface area contributed by atoms with Crippen LogP contribution < -0.4 is 16.0 Å². The van der Waals surface area contributed by atoms with Crippen LogP contribution in [0.4, 0.5) is 23.0 Å². The van der Waals surface area contributed by atoms with Gasteiger partial charge in [0, 0.05) is 55.5 Å². The molecule has 0 aliphatic carbocycles. The second-order valence-corrected chi connectivity index (χ2v) is 9.13. The van der Waals surface area contributed by atoms with Gasteiger partial charge in [0.2, 0.25) is 5.95 Å². The number of para-hydroxylation sites is 1. The molecule has 4 aromatic rings. The summed E-state index contributed by atoms with van der Waals surface area (Å²) in [4.78, 5) is 26.2. The van der Waals surface area contributed by atoms with Gasteiger partial charge in [-0.1, -0.05) is 18.2 Å². The van der Waals surface area contributed by atoms with Crippen molar-refractivity contribution in [2.75, 3.05) is 57.3 Å².